The molecule has 0 aromatic carbocycles. The third-order valence-corrected chi connectivity index (χ3v) is 3.26. The summed E-state index contributed by atoms with van der Waals surface area (Å²) in [5.74, 6) is 0. The molecule has 0 amide bonds. The van der Waals surface area contributed by atoms with Crippen molar-refractivity contribution in [2.75, 3.05) is 6.61 Å². The molecule has 0 radical (unpaired) electrons. The summed E-state index contributed by atoms with van der Waals surface area (Å²) in [7, 11) is 0. The van der Waals surface area contributed by atoms with Crippen molar-refractivity contribution >= 4 is 0 Å². The van der Waals surface area contributed by atoms with E-state index in [0.717, 1.165) is 25.7 Å². The summed E-state index contributed by atoms with van der Waals surface area (Å²) >= 11 is 0. The van der Waals surface area contributed by atoms with Crippen molar-refractivity contribution in [2.24, 2.45) is 0 Å². The van der Waals surface area contributed by atoms with Crippen LogP contribution in [-0.4, -0.2) is 11.7 Å². The number of allylic oxidation sites excluding steroid dienone is 9. The number of hydrogen-bond acceptors (Lipinski definition) is 1. The van der Waals surface area contributed by atoms with Crippen LogP contribution in [0, 0.1) is 0 Å². The quantitative estimate of drug-likeness (QED) is 0.413. The average molecular weight is 288 g/mol. The predicted octanol–water partition coefficient (Wildman–Crippen LogP) is 5.90. The molecular weight excluding hydrogens is 256 g/mol. The molecule has 0 aromatic rings. The molecule has 0 rings (SSSR count). The summed E-state index contributed by atoms with van der Waals surface area (Å²) < 4.78 is 0. The molecule has 1 N–H and O–H groups in total. The molecule has 0 spiro atoms. The van der Waals surface area contributed by atoms with Crippen molar-refractivity contribution < 1.29 is 5.11 Å². The SMILES string of the molecule is CC(C)=CCC=C(C)C=CCC(C)=CCCC(C)=CCO. The molecule has 118 valence electrons. The van der Waals surface area contributed by atoms with Crippen LogP contribution in [0.5, 0.6) is 0 Å². The monoisotopic (exact) mass is 288 g/mol. The van der Waals surface area contributed by atoms with Gasteiger partial charge in [0, 0.05) is 0 Å². The third kappa shape index (κ3) is 13.4. The number of aliphatic hydroxyl groups is 1. The maximum atomic E-state index is 8.80. The molecule has 0 saturated carbocycles. The molecule has 0 unspecified atom stereocenters. The van der Waals surface area contributed by atoms with E-state index in [9.17, 15) is 0 Å². The molecule has 0 fully saturated rings. The van der Waals surface area contributed by atoms with Gasteiger partial charge in [0.2, 0.25) is 0 Å². The largest absolute Gasteiger partial charge is 0.392 e. The highest BCUT2D eigenvalue weighted by molar-refractivity contribution is 5.19. The van der Waals surface area contributed by atoms with Crippen molar-refractivity contribution in [1.82, 2.24) is 0 Å². The minimum absolute atomic E-state index is 0.148. The summed E-state index contributed by atoms with van der Waals surface area (Å²) in [6.07, 6.45) is 17.2. The first kappa shape index (κ1) is 19.7. The van der Waals surface area contributed by atoms with Crippen molar-refractivity contribution in [3.8, 4) is 0 Å². The Balaban J connectivity index is 4.11. The molecule has 1 nitrogen and oxygen atoms in total. The summed E-state index contributed by atoms with van der Waals surface area (Å²) in [6, 6.07) is 0. The van der Waals surface area contributed by atoms with E-state index in [1.165, 1.54) is 22.3 Å². The van der Waals surface area contributed by atoms with E-state index >= 15 is 0 Å². The molecule has 1 heteroatoms. The fraction of sp³-hybridized carbons (Fsp3) is 0.500. The van der Waals surface area contributed by atoms with E-state index < -0.39 is 0 Å². The van der Waals surface area contributed by atoms with Gasteiger partial charge in [-0.1, -0.05) is 58.7 Å². The predicted molar refractivity (Wildman–Crippen MR) is 95.4 cm³/mol. The Morgan fingerprint density at radius 2 is 1.57 bits per heavy atom. The highest BCUT2D eigenvalue weighted by Gasteiger charge is 1.90. The van der Waals surface area contributed by atoms with Gasteiger partial charge < -0.3 is 5.11 Å². The lowest BCUT2D eigenvalue weighted by Crippen LogP contribution is -1.81. The van der Waals surface area contributed by atoms with Gasteiger partial charge in [0.1, 0.15) is 0 Å². The average Bonchev–Trinajstić information content (AvgIpc) is 2.38. The Morgan fingerprint density at radius 1 is 0.857 bits per heavy atom. The van der Waals surface area contributed by atoms with Crippen LogP contribution in [0.25, 0.3) is 0 Å². The van der Waals surface area contributed by atoms with E-state index in [1.807, 2.05) is 6.08 Å². The van der Waals surface area contributed by atoms with E-state index in [1.54, 1.807) is 0 Å². The smallest absolute Gasteiger partial charge is 0.0614 e. The van der Waals surface area contributed by atoms with Crippen molar-refractivity contribution in [1.29, 1.82) is 0 Å². The second-order valence-electron chi connectivity index (χ2n) is 5.89. The lowest BCUT2D eigenvalue weighted by atomic mass is 10.1. The Kier molecular flexibility index (Phi) is 11.6. The first-order chi connectivity index (χ1) is 9.95. The Hall–Kier alpha value is -1.34. The second-order valence-corrected chi connectivity index (χ2v) is 5.89. The topological polar surface area (TPSA) is 20.2 Å². The lowest BCUT2D eigenvalue weighted by molar-refractivity contribution is 0.341. The minimum atomic E-state index is 0.148. The number of rotatable bonds is 9. The molecule has 0 aromatic heterocycles. The molecule has 0 atom stereocenters. The number of aliphatic hydroxyl groups excluding tert-OH is 1. The lowest BCUT2D eigenvalue weighted by Gasteiger charge is -1.99. The van der Waals surface area contributed by atoms with Crippen LogP contribution < -0.4 is 0 Å². The standard InChI is InChI=1S/C20H32O/c1-17(2)9-6-10-18(3)11-7-12-19(4)13-8-14-20(5)15-16-21/h7,9-11,13,15,21H,6,8,12,14,16H2,1-5H3. The fourth-order valence-electron chi connectivity index (χ4n) is 1.87. The Bertz CT molecular complexity index is 427. The van der Waals surface area contributed by atoms with E-state index in [2.05, 4.69) is 65.0 Å². The Labute approximate surface area is 131 Å². The zero-order valence-corrected chi connectivity index (χ0v) is 14.4. The molecule has 0 saturated heterocycles. The van der Waals surface area contributed by atoms with Crippen molar-refractivity contribution in [2.45, 2.75) is 60.3 Å². The molecule has 21 heavy (non-hydrogen) atoms. The maximum absolute atomic E-state index is 8.80. The summed E-state index contributed by atoms with van der Waals surface area (Å²) in [4.78, 5) is 0. The van der Waals surface area contributed by atoms with Gasteiger partial charge in [-0.25, -0.2) is 0 Å². The first-order valence-electron chi connectivity index (χ1n) is 7.84. The molecule has 0 aliphatic carbocycles. The van der Waals surface area contributed by atoms with Gasteiger partial charge >= 0.3 is 0 Å². The van der Waals surface area contributed by atoms with E-state index in [0.29, 0.717) is 0 Å². The molecule has 0 heterocycles. The maximum Gasteiger partial charge on any atom is 0.0614 e. The van der Waals surface area contributed by atoms with E-state index in [-0.39, 0.29) is 6.61 Å². The van der Waals surface area contributed by atoms with Gasteiger partial charge in [-0.3, -0.25) is 0 Å². The van der Waals surface area contributed by atoms with Crippen LogP contribution in [-0.2, 0) is 0 Å². The van der Waals surface area contributed by atoms with Crippen LogP contribution in [0.3, 0.4) is 0 Å². The highest BCUT2D eigenvalue weighted by Crippen LogP contribution is 2.10. The molecule has 0 bridgehead atoms. The van der Waals surface area contributed by atoms with Gasteiger partial charge in [-0.15, -0.1) is 0 Å². The van der Waals surface area contributed by atoms with Crippen LogP contribution in [0.2, 0.25) is 0 Å². The first-order valence-corrected chi connectivity index (χ1v) is 7.84. The van der Waals surface area contributed by atoms with Gasteiger partial charge in [-0.2, -0.15) is 0 Å². The highest BCUT2D eigenvalue weighted by atomic mass is 16.2. The van der Waals surface area contributed by atoms with Crippen molar-refractivity contribution in [3.63, 3.8) is 0 Å². The van der Waals surface area contributed by atoms with Gasteiger partial charge in [0.05, 0.1) is 6.61 Å². The van der Waals surface area contributed by atoms with Gasteiger partial charge in [0.25, 0.3) is 0 Å². The number of hydrogen-bond donors (Lipinski definition) is 1. The second kappa shape index (κ2) is 12.4. The summed E-state index contributed by atoms with van der Waals surface area (Å²) in [5, 5.41) is 8.80. The van der Waals surface area contributed by atoms with Crippen LogP contribution in [0.1, 0.15) is 60.3 Å². The molecule has 0 aliphatic heterocycles. The van der Waals surface area contributed by atoms with Gasteiger partial charge in [-0.05, 0) is 60.3 Å². The van der Waals surface area contributed by atoms with Crippen LogP contribution in [0.15, 0.2) is 58.7 Å². The zero-order valence-electron chi connectivity index (χ0n) is 14.4. The van der Waals surface area contributed by atoms with Gasteiger partial charge in [0.15, 0.2) is 0 Å². The third-order valence-electron chi connectivity index (χ3n) is 3.26. The van der Waals surface area contributed by atoms with E-state index in [4.69, 9.17) is 5.11 Å². The zero-order chi connectivity index (χ0) is 16.1. The minimum Gasteiger partial charge on any atom is -0.392 e. The van der Waals surface area contributed by atoms with Crippen LogP contribution in [0.4, 0.5) is 0 Å². The van der Waals surface area contributed by atoms with Crippen molar-refractivity contribution in [3.05, 3.63) is 58.7 Å². The summed E-state index contributed by atoms with van der Waals surface area (Å²) in [5.41, 5.74) is 5.35. The molecular formula is C20H32O. The molecule has 0 aliphatic rings. The fourth-order valence-corrected chi connectivity index (χ4v) is 1.87. The Morgan fingerprint density at radius 3 is 2.19 bits per heavy atom. The summed E-state index contributed by atoms with van der Waals surface area (Å²) in [6.45, 7) is 10.8. The van der Waals surface area contributed by atoms with Crippen LogP contribution >= 0.6 is 0 Å². The normalized spacial score (nSPS) is 13.9.